The summed E-state index contributed by atoms with van der Waals surface area (Å²) >= 11 is 0. The summed E-state index contributed by atoms with van der Waals surface area (Å²) in [5, 5.41) is 8.80. The van der Waals surface area contributed by atoms with Gasteiger partial charge in [-0.3, -0.25) is 9.59 Å². The Bertz CT molecular complexity index is 215. The number of rotatable bonds is 5. The molecule has 0 rings (SSSR count). The van der Waals surface area contributed by atoms with E-state index in [4.69, 9.17) is 9.84 Å². The van der Waals surface area contributed by atoms with E-state index in [0.29, 0.717) is 6.42 Å². The van der Waals surface area contributed by atoms with Crippen LogP contribution in [0.4, 0.5) is 0 Å². The van der Waals surface area contributed by atoms with Crippen LogP contribution in [0, 0.1) is 11.8 Å². The van der Waals surface area contributed by atoms with Crippen LogP contribution >= 0.6 is 0 Å². The molecule has 0 aliphatic rings. The van der Waals surface area contributed by atoms with Crippen LogP contribution in [0.3, 0.4) is 0 Å². The van der Waals surface area contributed by atoms with Gasteiger partial charge in [0.15, 0.2) is 5.92 Å². The van der Waals surface area contributed by atoms with Crippen LogP contribution in [0.25, 0.3) is 0 Å². The van der Waals surface area contributed by atoms with Gasteiger partial charge in [0.2, 0.25) is 0 Å². The van der Waals surface area contributed by atoms with E-state index < -0.39 is 17.9 Å². The number of hydrogen-bond acceptors (Lipinski definition) is 3. The molecule has 0 amide bonds. The van der Waals surface area contributed by atoms with Gasteiger partial charge < -0.3 is 9.84 Å². The molecule has 0 aromatic rings. The van der Waals surface area contributed by atoms with Gasteiger partial charge in [0.05, 0.1) is 6.10 Å². The van der Waals surface area contributed by atoms with Gasteiger partial charge in [0.1, 0.15) is 0 Å². The quantitative estimate of drug-likeness (QED) is 0.432. The van der Waals surface area contributed by atoms with E-state index >= 15 is 0 Å². The Balaban J connectivity index is 0. The zero-order chi connectivity index (χ0) is 11.3. The minimum absolute atomic E-state index is 0. The molecule has 0 bridgehead atoms. The van der Waals surface area contributed by atoms with Gasteiger partial charge in [-0.1, -0.05) is 20.8 Å². The number of esters is 1. The average molecular weight is 226 g/mol. The van der Waals surface area contributed by atoms with Crippen molar-refractivity contribution in [2.75, 3.05) is 0 Å². The summed E-state index contributed by atoms with van der Waals surface area (Å²) < 4.78 is 4.96. The van der Waals surface area contributed by atoms with Gasteiger partial charge in [-0.15, -0.1) is 0 Å². The summed E-state index contributed by atoms with van der Waals surface area (Å²) in [5.74, 6) is -3.05. The van der Waals surface area contributed by atoms with Crippen LogP contribution in [0.15, 0.2) is 0 Å². The van der Waals surface area contributed by atoms with Crippen molar-refractivity contribution >= 4 is 41.5 Å². The molecule has 0 saturated heterocycles. The molecule has 0 aliphatic carbocycles. The van der Waals surface area contributed by atoms with E-state index in [9.17, 15) is 9.59 Å². The maximum atomic E-state index is 11.4. The number of hydrogen-bond donors (Lipinski definition) is 1. The molecular weight excluding hydrogens is 207 g/mol. The standard InChI is InChI=1S/C10H18O4.Na.H/c1-5-7(4)14-10(13)8(6(2)3)9(11)12;;/h6-8H,5H2,1-4H3,(H,11,12);;. The van der Waals surface area contributed by atoms with E-state index in [1.165, 1.54) is 0 Å². The van der Waals surface area contributed by atoms with Crippen LogP contribution in [0.5, 0.6) is 0 Å². The predicted molar refractivity (Wildman–Crippen MR) is 59.0 cm³/mol. The van der Waals surface area contributed by atoms with E-state index in [-0.39, 0.29) is 41.6 Å². The van der Waals surface area contributed by atoms with Crippen molar-refractivity contribution in [2.45, 2.75) is 40.2 Å². The predicted octanol–water partition coefficient (Wildman–Crippen LogP) is 1.04. The third-order valence-corrected chi connectivity index (χ3v) is 2.08. The Labute approximate surface area is 113 Å². The molecule has 0 saturated carbocycles. The van der Waals surface area contributed by atoms with Crippen molar-refractivity contribution in [2.24, 2.45) is 11.8 Å². The van der Waals surface area contributed by atoms with Gasteiger partial charge >= 0.3 is 41.5 Å². The van der Waals surface area contributed by atoms with Gasteiger partial charge in [0, 0.05) is 0 Å². The molecule has 0 spiro atoms. The first-order valence-electron chi connectivity index (χ1n) is 4.83. The maximum absolute atomic E-state index is 11.4. The van der Waals surface area contributed by atoms with Crippen LogP contribution in [-0.2, 0) is 14.3 Å². The molecule has 2 atom stereocenters. The molecule has 5 heteroatoms. The second-order valence-electron chi connectivity index (χ2n) is 3.72. The molecule has 1 N–H and O–H groups in total. The van der Waals surface area contributed by atoms with E-state index in [1.807, 2.05) is 6.92 Å². The summed E-state index contributed by atoms with van der Waals surface area (Å²) in [5.41, 5.74) is 0. The number of carboxylic acid groups (broad SMARTS) is 1. The van der Waals surface area contributed by atoms with Gasteiger partial charge in [-0.25, -0.2) is 0 Å². The van der Waals surface area contributed by atoms with Crippen molar-refractivity contribution < 1.29 is 19.4 Å². The molecule has 0 aromatic heterocycles. The third-order valence-electron chi connectivity index (χ3n) is 2.08. The zero-order valence-electron chi connectivity index (χ0n) is 9.11. The Kier molecular flexibility index (Phi) is 9.40. The van der Waals surface area contributed by atoms with E-state index in [0.717, 1.165) is 0 Å². The Morgan fingerprint density at radius 3 is 2.00 bits per heavy atom. The molecule has 0 radical (unpaired) electrons. The van der Waals surface area contributed by atoms with Crippen LogP contribution in [-0.4, -0.2) is 52.7 Å². The molecule has 0 fully saturated rings. The fourth-order valence-electron chi connectivity index (χ4n) is 1.01. The number of ether oxygens (including phenoxy) is 1. The molecule has 15 heavy (non-hydrogen) atoms. The molecule has 0 aromatic carbocycles. The number of carbonyl (C=O) groups excluding carboxylic acids is 1. The average Bonchev–Trinajstić information content (AvgIpc) is 2.02. The molecule has 0 heterocycles. The summed E-state index contributed by atoms with van der Waals surface area (Å²) in [6, 6.07) is 0. The minimum atomic E-state index is -1.12. The van der Waals surface area contributed by atoms with Crippen molar-refractivity contribution in [1.29, 1.82) is 0 Å². The summed E-state index contributed by atoms with van der Waals surface area (Å²) in [6.07, 6.45) is 0.471. The van der Waals surface area contributed by atoms with Crippen LogP contribution in [0.2, 0.25) is 0 Å². The molecule has 4 nitrogen and oxygen atoms in total. The van der Waals surface area contributed by atoms with Gasteiger partial charge in [0.25, 0.3) is 0 Å². The van der Waals surface area contributed by atoms with Crippen molar-refractivity contribution in [3.8, 4) is 0 Å². The van der Waals surface area contributed by atoms with Gasteiger partial charge in [-0.2, -0.15) is 0 Å². The number of carbonyl (C=O) groups is 2. The Hall–Kier alpha value is -0.0600. The normalized spacial score (nSPS) is 13.9. The molecular formula is C10H19NaO4. The molecule has 2 unspecified atom stereocenters. The monoisotopic (exact) mass is 226 g/mol. The summed E-state index contributed by atoms with van der Waals surface area (Å²) in [4.78, 5) is 22.1. The van der Waals surface area contributed by atoms with Crippen molar-refractivity contribution in [3.63, 3.8) is 0 Å². The first kappa shape index (κ1) is 17.3. The van der Waals surface area contributed by atoms with E-state index in [1.54, 1.807) is 20.8 Å². The first-order chi connectivity index (χ1) is 6.40. The van der Waals surface area contributed by atoms with Gasteiger partial charge in [-0.05, 0) is 19.3 Å². The summed E-state index contributed by atoms with van der Waals surface area (Å²) in [7, 11) is 0. The number of carboxylic acids is 1. The van der Waals surface area contributed by atoms with Crippen LogP contribution in [0.1, 0.15) is 34.1 Å². The molecule has 0 aliphatic heterocycles. The zero-order valence-corrected chi connectivity index (χ0v) is 9.11. The van der Waals surface area contributed by atoms with E-state index in [2.05, 4.69) is 0 Å². The Morgan fingerprint density at radius 2 is 1.73 bits per heavy atom. The molecule has 84 valence electrons. The summed E-state index contributed by atoms with van der Waals surface area (Å²) in [6.45, 7) is 7.01. The SMILES string of the molecule is CCC(C)OC(=O)C(C(=O)O)C(C)C.[NaH]. The van der Waals surface area contributed by atoms with Crippen molar-refractivity contribution in [1.82, 2.24) is 0 Å². The fourth-order valence-corrected chi connectivity index (χ4v) is 1.01. The second kappa shape index (κ2) is 8.13. The number of aliphatic carboxylic acids is 1. The van der Waals surface area contributed by atoms with Crippen LogP contribution < -0.4 is 0 Å². The second-order valence-corrected chi connectivity index (χ2v) is 3.72. The Morgan fingerprint density at radius 1 is 1.27 bits per heavy atom. The topological polar surface area (TPSA) is 63.6 Å². The first-order valence-corrected chi connectivity index (χ1v) is 4.83. The third kappa shape index (κ3) is 6.17. The van der Waals surface area contributed by atoms with Crippen molar-refractivity contribution in [3.05, 3.63) is 0 Å². The fraction of sp³-hybridized carbons (Fsp3) is 0.800.